The van der Waals surface area contributed by atoms with E-state index < -0.39 is 0 Å². The normalized spacial score (nSPS) is 12.5. The summed E-state index contributed by atoms with van der Waals surface area (Å²) in [5.41, 5.74) is 3.37. The summed E-state index contributed by atoms with van der Waals surface area (Å²) >= 11 is 0. The summed E-state index contributed by atoms with van der Waals surface area (Å²) in [6.07, 6.45) is 4.98. The van der Waals surface area contributed by atoms with Crippen molar-refractivity contribution in [3.8, 4) is 0 Å². The first-order valence-electron chi connectivity index (χ1n) is 6.45. The lowest BCUT2D eigenvalue weighted by Crippen LogP contribution is -1.84. The average Bonchev–Trinajstić information content (AvgIpc) is 2.47. The van der Waals surface area contributed by atoms with Gasteiger partial charge in [-0.05, 0) is 36.6 Å². The third-order valence-electron chi connectivity index (χ3n) is 2.96. The molecular formula is C18H19O+. The highest BCUT2D eigenvalue weighted by molar-refractivity contribution is 5.61. The Morgan fingerprint density at radius 1 is 0.947 bits per heavy atom. The van der Waals surface area contributed by atoms with Gasteiger partial charge in [0, 0.05) is 6.08 Å². The molecule has 0 aromatic heterocycles. The lowest BCUT2D eigenvalue weighted by molar-refractivity contribution is 0.511. The number of allylic oxidation sites excluding steroid dienone is 3. The molecule has 0 radical (unpaired) electrons. The van der Waals surface area contributed by atoms with Gasteiger partial charge in [-0.25, -0.2) is 0 Å². The van der Waals surface area contributed by atoms with E-state index in [9.17, 15) is 0 Å². The van der Waals surface area contributed by atoms with Gasteiger partial charge in [-0.2, -0.15) is 0 Å². The van der Waals surface area contributed by atoms with Gasteiger partial charge in [0.05, 0.1) is 5.56 Å². The van der Waals surface area contributed by atoms with E-state index in [2.05, 4.69) is 18.2 Å². The molecule has 96 valence electrons. The van der Waals surface area contributed by atoms with Gasteiger partial charge < -0.3 is 5.11 Å². The molecule has 2 aromatic carbocycles. The van der Waals surface area contributed by atoms with Crippen molar-refractivity contribution in [1.29, 1.82) is 0 Å². The van der Waals surface area contributed by atoms with E-state index in [0.29, 0.717) is 5.76 Å². The molecular weight excluding hydrogens is 232 g/mol. The van der Waals surface area contributed by atoms with Crippen LogP contribution < -0.4 is 0 Å². The fourth-order valence-corrected chi connectivity index (χ4v) is 1.88. The zero-order valence-electron chi connectivity index (χ0n) is 11.1. The third-order valence-corrected chi connectivity index (χ3v) is 2.96. The second kappa shape index (κ2) is 6.60. The summed E-state index contributed by atoms with van der Waals surface area (Å²) in [6, 6.07) is 20.2. The lowest BCUT2D eigenvalue weighted by atomic mass is 10.1. The van der Waals surface area contributed by atoms with Crippen LogP contribution in [-0.2, 0) is 6.42 Å². The fraction of sp³-hybridized carbons (Fsp3) is 0.111. The molecule has 1 nitrogen and oxygen atoms in total. The van der Waals surface area contributed by atoms with Crippen molar-refractivity contribution in [2.75, 3.05) is 0 Å². The van der Waals surface area contributed by atoms with Crippen LogP contribution in [0.4, 0.5) is 0 Å². The molecule has 0 unspecified atom stereocenters. The minimum atomic E-state index is 0.558. The van der Waals surface area contributed by atoms with Crippen molar-refractivity contribution >= 4 is 5.76 Å². The van der Waals surface area contributed by atoms with Gasteiger partial charge in [0.15, 0.2) is 0 Å². The third kappa shape index (κ3) is 4.14. The Hall–Kier alpha value is -2.28. The standard InChI is InChI=1S/C18H18O/c1-15(12-13-16-8-4-2-5-9-16)14-18(19)17-10-6-3-7-11-17/h2-12,14,19H,13H2,1H3/p+1/b15-12-,18-14-. The maximum Gasteiger partial charge on any atom is 0.261 e. The molecule has 0 aliphatic carbocycles. The second-order valence-corrected chi connectivity index (χ2v) is 4.56. The van der Waals surface area contributed by atoms with E-state index in [1.165, 1.54) is 5.56 Å². The Bertz CT molecular complexity index is 565. The van der Waals surface area contributed by atoms with E-state index in [1.54, 1.807) is 0 Å². The topological polar surface area (TPSA) is 22.9 Å². The number of benzene rings is 2. The van der Waals surface area contributed by atoms with Crippen LogP contribution in [0.2, 0.25) is 0 Å². The molecule has 0 spiro atoms. The number of rotatable bonds is 4. The highest BCUT2D eigenvalue weighted by atomic mass is 16.3. The largest absolute Gasteiger partial charge is 0.593 e. The Kier molecular flexibility index (Phi) is 4.57. The van der Waals surface area contributed by atoms with Gasteiger partial charge in [-0.1, -0.05) is 54.6 Å². The summed E-state index contributed by atoms with van der Waals surface area (Å²) < 4.78 is 0. The molecule has 0 aliphatic rings. The van der Waals surface area contributed by atoms with Gasteiger partial charge in [-0.3, -0.25) is 0 Å². The molecule has 2 N–H and O–H groups in total. The van der Waals surface area contributed by atoms with E-state index in [4.69, 9.17) is 5.11 Å². The Morgan fingerprint density at radius 3 is 2.16 bits per heavy atom. The molecule has 0 bridgehead atoms. The summed E-state index contributed by atoms with van der Waals surface area (Å²) in [5, 5.41) is 8.05. The molecule has 0 saturated carbocycles. The van der Waals surface area contributed by atoms with Gasteiger partial charge in [0.1, 0.15) is 0 Å². The maximum absolute atomic E-state index is 8.05. The van der Waals surface area contributed by atoms with Crippen LogP contribution in [0.25, 0.3) is 5.76 Å². The molecule has 0 atom stereocenters. The average molecular weight is 251 g/mol. The van der Waals surface area contributed by atoms with Crippen molar-refractivity contribution in [2.45, 2.75) is 13.3 Å². The van der Waals surface area contributed by atoms with Crippen LogP contribution in [0.3, 0.4) is 0 Å². The maximum atomic E-state index is 8.05. The smallest absolute Gasteiger partial charge is 0.261 e. The summed E-state index contributed by atoms with van der Waals surface area (Å²) in [6.45, 7) is 2.04. The van der Waals surface area contributed by atoms with Gasteiger partial charge in [0.25, 0.3) is 5.76 Å². The Balaban J connectivity index is 2.06. The summed E-state index contributed by atoms with van der Waals surface area (Å²) in [5.74, 6) is 0.558. The monoisotopic (exact) mass is 251 g/mol. The van der Waals surface area contributed by atoms with Crippen molar-refractivity contribution in [2.24, 2.45) is 0 Å². The van der Waals surface area contributed by atoms with Crippen molar-refractivity contribution in [1.82, 2.24) is 0 Å². The molecule has 19 heavy (non-hydrogen) atoms. The van der Waals surface area contributed by atoms with Crippen molar-refractivity contribution in [3.05, 3.63) is 89.5 Å². The van der Waals surface area contributed by atoms with Crippen LogP contribution in [0, 0.1) is 0 Å². The predicted molar refractivity (Wildman–Crippen MR) is 81.9 cm³/mol. The molecule has 1 heteroatoms. The Labute approximate surface area is 114 Å². The van der Waals surface area contributed by atoms with Crippen LogP contribution in [-0.4, -0.2) is 5.11 Å². The molecule has 2 aromatic rings. The molecule has 0 fully saturated rings. The Morgan fingerprint density at radius 2 is 1.53 bits per heavy atom. The van der Waals surface area contributed by atoms with Crippen LogP contribution in [0.5, 0.6) is 0 Å². The van der Waals surface area contributed by atoms with E-state index in [0.717, 1.165) is 17.6 Å². The van der Waals surface area contributed by atoms with Crippen LogP contribution in [0.1, 0.15) is 18.1 Å². The fourth-order valence-electron chi connectivity index (χ4n) is 1.88. The summed E-state index contributed by atoms with van der Waals surface area (Å²) in [7, 11) is 0. The van der Waals surface area contributed by atoms with Crippen molar-refractivity contribution in [3.63, 3.8) is 0 Å². The quantitative estimate of drug-likeness (QED) is 0.446. The van der Waals surface area contributed by atoms with Gasteiger partial charge in [0.2, 0.25) is 0 Å². The zero-order valence-corrected chi connectivity index (χ0v) is 11.1. The summed E-state index contributed by atoms with van der Waals surface area (Å²) in [4.78, 5) is 0. The van der Waals surface area contributed by atoms with E-state index >= 15 is 0 Å². The second-order valence-electron chi connectivity index (χ2n) is 4.56. The van der Waals surface area contributed by atoms with Crippen LogP contribution in [0.15, 0.2) is 78.4 Å². The highest BCUT2D eigenvalue weighted by Gasteiger charge is 2.02. The van der Waals surface area contributed by atoms with E-state index in [1.807, 2.05) is 61.5 Å². The first-order chi connectivity index (χ1) is 9.25. The number of hydrogen-bond acceptors (Lipinski definition) is 0. The SMILES string of the molecule is CC(=C/Cc1ccccc1)/C=C(\[OH2+])c1ccccc1. The highest BCUT2D eigenvalue weighted by Crippen LogP contribution is 2.13. The first-order valence-corrected chi connectivity index (χ1v) is 6.45. The molecule has 2 rings (SSSR count). The molecule has 0 heterocycles. The first kappa shape index (κ1) is 13.2. The minimum absolute atomic E-state index is 0.558. The van der Waals surface area contributed by atoms with Gasteiger partial charge in [-0.15, -0.1) is 0 Å². The number of hydrogen-bond donors (Lipinski definition) is 0. The molecule has 0 amide bonds. The minimum Gasteiger partial charge on any atom is -0.593 e. The van der Waals surface area contributed by atoms with Gasteiger partial charge >= 0.3 is 0 Å². The van der Waals surface area contributed by atoms with Crippen LogP contribution >= 0.6 is 0 Å². The lowest BCUT2D eigenvalue weighted by Gasteiger charge is -1.98. The zero-order chi connectivity index (χ0) is 13.5. The molecule has 0 saturated heterocycles. The van der Waals surface area contributed by atoms with Crippen molar-refractivity contribution < 1.29 is 5.11 Å². The van der Waals surface area contributed by atoms with E-state index in [-0.39, 0.29) is 0 Å². The predicted octanol–water partition coefficient (Wildman–Crippen LogP) is 3.94. The molecule has 0 aliphatic heterocycles.